The number of para-hydroxylation sites is 1. The lowest BCUT2D eigenvalue weighted by molar-refractivity contribution is -0.125. The molecule has 0 unspecified atom stereocenters. The zero-order chi connectivity index (χ0) is 21.4. The number of carbonyl (C=O) groups excluding carboxylic acids is 2. The lowest BCUT2D eigenvalue weighted by Crippen LogP contribution is -2.43. The molecule has 6 nitrogen and oxygen atoms in total. The third kappa shape index (κ3) is 3.77. The molecule has 2 atom stereocenters. The summed E-state index contributed by atoms with van der Waals surface area (Å²) in [4.78, 5) is 36.9. The first kappa shape index (κ1) is 20.3. The van der Waals surface area contributed by atoms with E-state index in [4.69, 9.17) is 9.98 Å². The van der Waals surface area contributed by atoms with E-state index in [1.54, 1.807) is 4.90 Å². The molecule has 0 spiro atoms. The average Bonchev–Trinajstić information content (AvgIpc) is 3.06. The first-order valence-corrected chi connectivity index (χ1v) is 10.9. The van der Waals surface area contributed by atoms with Gasteiger partial charge in [-0.15, -0.1) is 0 Å². The van der Waals surface area contributed by atoms with E-state index >= 15 is 0 Å². The highest BCUT2D eigenvalue weighted by Gasteiger charge is 2.43. The summed E-state index contributed by atoms with van der Waals surface area (Å²) in [6, 6.07) is 14.9. The fraction of sp³-hybridized carbons (Fsp3) is 0.304. The van der Waals surface area contributed by atoms with Crippen molar-refractivity contribution < 1.29 is 9.59 Å². The van der Waals surface area contributed by atoms with E-state index in [1.807, 2.05) is 76.2 Å². The van der Waals surface area contributed by atoms with Gasteiger partial charge >= 0.3 is 0 Å². The first-order chi connectivity index (χ1) is 14.3. The Balaban J connectivity index is 1.60. The van der Waals surface area contributed by atoms with Gasteiger partial charge in [0.1, 0.15) is 11.9 Å². The van der Waals surface area contributed by atoms with Crippen molar-refractivity contribution in [1.82, 2.24) is 4.90 Å². The minimum atomic E-state index is -0.443. The van der Waals surface area contributed by atoms with Crippen LogP contribution < -0.4 is 5.32 Å². The smallest absolute Gasteiger partial charge is 0.259 e. The Morgan fingerprint density at radius 3 is 2.63 bits per heavy atom. The maximum absolute atomic E-state index is 13.1. The molecule has 2 aromatic rings. The maximum atomic E-state index is 13.1. The minimum absolute atomic E-state index is 0.0797. The number of benzene rings is 2. The van der Waals surface area contributed by atoms with Crippen LogP contribution in [0.25, 0.3) is 0 Å². The molecule has 1 N–H and O–H groups in total. The van der Waals surface area contributed by atoms with Gasteiger partial charge in [0.2, 0.25) is 5.91 Å². The number of aliphatic imine (C=N–C) groups is 2. The summed E-state index contributed by atoms with van der Waals surface area (Å²) in [5, 5.41) is 2.99. The fourth-order valence-corrected chi connectivity index (χ4v) is 4.38. The summed E-state index contributed by atoms with van der Waals surface area (Å²) < 4.78 is 0. The number of carbonyl (C=O) groups is 2. The highest BCUT2D eigenvalue weighted by molar-refractivity contribution is 8.15. The van der Waals surface area contributed by atoms with Gasteiger partial charge in [0.05, 0.1) is 10.9 Å². The van der Waals surface area contributed by atoms with E-state index in [1.165, 1.54) is 11.8 Å². The van der Waals surface area contributed by atoms with Gasteiger partial charge in [-0.1, -0.05) is 49.9 Å². The molecule has 2 aliphatic heterocycles. The normalized spacial score (nSPS) is 18.5. The van der Waals surface area contributed by atoms with Crippen molar-refractivity contribution in [2.45, 2.75) is 39.0 Å². The molecule has 2 amide bonds. The van der Waals surface area contributed by atoms with Crippen LogP contribution in [-0.4, -0.2) is 39.0 Å². The number of thioether (sulfide) groups is 1. The van der Waals surface area contributed by atoms with Crippen molar-refractivity contribution in [1.29, 1.82) is 0 Å². The molecule has 154 valence electrons. The van der Waals surface area contributed by atoms with Gasteiger partial charge in [0.15, 0.2) is 5.17 Å². The molecule has 0 saturated heterocycles. The fourth-order valence-electron chi connectivity index (χ4n) is 3.46. The second-order valence-corrected chi connectivity index (χ2v) is 9.15. The van der Waals surface area contributed by atoms with Gasteiger partial charge < -0.3 is 5.32 Å². The van der Waals surface area contributed by atoms with E-state index in [9.17, 15) is 9.59 Å². The summed E-state index contributed by atoms with van der Waals surface area (Å²) in [6.45, 7) is 7.76. The highest BCUT2D eigenvalue weighted by Crippen LogP contribution is 2.35. The number of amidine groups is 2. The molecular weight excluding hydrogens is 396 g/mol. The van der Waals surface area contributed by atoms with Crippen LogP contribution in [0.4, 0.5) is 11.4 Å². The van der Waals surface area contributed by atoms with Crippen LogP contribution in [0.2, 0.25) is 0 Å². The standard InChI is InChI=1S/C23H24N4O2S/c1-13(2)19-22(29)27-20(26-19)17-10-5-6-11-18(17)25-23(27)30-15(4)21(28)24-16-9-7-8-14(3)12-16/h5-13,15,19H,1-4H3,(H,24,28)/t15-,19+/m1/s1. The first-order valence-electron chi connectivity index (χ1n) is 9.99. The van der Waals surface area contributed by atoms with E-state index in [2.05, 4.69) is 5.32 Å². The number of hydrogen-bond donors (Lipinski definition) is 1. The van der Waals surface area contributed by atoms with E-state index in [-0.39, 0.29) is 17.7 Å². The summed E-state index contributed by atoms with van der Waals surface area (Å²) in [5.74, 6) is 0.471. The second-order valence-electron chi connectivity index (χ2n) is 7.85. The lowest BCUT2D eigenvalue weighted by Gasteiger charge is -2.27. The molecule has 0 aromatic heterocycles. The quantitative estimate of drug-likeness (QED) is 0.798. The van der Waals surface area contributed by atoms with Crippen molar-refractivity contribution in [3.05, 3.63) is 59.7 Å². The predicted molar refractivity (Wildman–Crippen MR) is 122 cm³/mol. The molecule has 0 aliphatic carbocycles. The van der Waals surface area contributed by atoms with Crippen molar-refractivity contribution in [2.75, 3.05) is 5.32 Å². The number of nitrogens with zero attached hydrogens (tertiary/aromatic N) is 3. The van der Waals surface area contributed by atoms with Gasteiger partial charge in [-0.2, -0.15) is 0 Å². The van der Waals surface area contributed by atoms with Gasteiger partial charge in [-0.3, -0.25) is 14.6 Å². The number of fused-ring (bicyclic) bond motifs is 3. The third-order valence-corrected chi connectivity index (χ3v) is 6.12. The molecule has 0 bridgehead atoms. The van der Waals surface area contributed by atoms with E-state index in [0.717, 1.165) is 22.5 Å². The van der Waals surface area contributed by atoms with Crippen molar-refractivity contribution in [3.63, 3.8) is 0 Å². The molecular formula is C23H24N4O2S. The Hall–Kier alpha value is -2.93. The lowest BCUT2D eigenvalue weighted by atomic mass is 10.1. The zero-order valence-electron chi connectivity index (χ0n) is 17.4. The summed E-state index contributed by atoms with van der Waals surface area (Å²) in [6.07, 6.45) is 0. The minimum Gasteiger partial charge on any atom is -0.325 e. The van der Waals surface area contributed by atoms with Crippen molar-refractivity contribution >= 4 is 46.0 Å². The number of rotatable bonds is 4. The monoisotopic (exact) mass is 420 g/mol. The number of nitrogens with one attached hydrogen (secondary N) is 1. The third-order valence-electron chi connectivity index (χ3n) is 5.07. The van der Waals surface area contributed by atoms with Crippen LogP contribution in [0, 0.1) is 12.8 Å². The maximum Gasteiger partial charge on any atom is 0.259 e. The Bertz CT molecular complexity index is 1080. The Morgan fingerprint density at radius 1 is 1.13 bits per heavy atom. The van der Waals surface area contributed by atoms with Crippen molar-refractivity contribution in [3.8, 4) is 0 Å². The largest absolute Gasteiger partial charge is 0.325 e. The zero-order valence-corrected chi connectivity index (χ0v) is 18.2. The SMILES string of the molecule is Cc1cccc(NC(=O)[C@@H](C)SC2=Nc3ccccc3C3=N[C@@H](C(C)C)C(=O)N23)c1. The molecule has 7 heteroatoms. The Labute approximate surface area is 180 Å². The number of aryl methyl sites for hydroxylation is 1. The molecule has 2 heterocycles. The van der Waals surface area contributed by atoms with Crippen LogP contribution >= 0.6 is 11.8 Å². The van der Waals surface area contributed by atoms with E-state index < -0.39 is 11.3 Å². The summed E-state index contributed by atoms with van der Waals surface area (Å²) in [7, 11) is 0. The van der Waals surface area contributed by atoms with Crippen LogP contribution in [0.15, 0.2) is 58.5 Å². The number of hydrogen-bond acceptors (Lipinski definition) is 5. The number of amides is 2. The van der Waals surface area contributed by atoms with E-state index in [0.29, 0.717) is 11.0 Å². The molecule has 0 radical (unpaired) electrons. The molecule has 30 heavy (non-hydrogen) atoms. The predicted octanol–water partition coefficient (Wildman–Crippen LogP) is 4.37. The van der Waals surface area contributed by atoms with Gasteiger partial charge in [0, 0.05) is 11.3 Å². The van der Waals surface area contributed by atoms with Crippen LogP contribution in [-0.2, 0) is 9.59 Å². The van der Waals surface area contributed by atoms with Crippen LogP contribution in [0.5, 0.6) is 0 Å². The van der Waals surface area contributed by atoms with Gasteiger partial charge in [0.25, 0.3) is 5.91 Å². The highest BCUT2D eigenvalue weighted by atomic mass is 32.2. The second kappa shape index (κ2) is 8.07. The van der Waals surface area contributed by atoms with Crippen molar-refractivity contribution in [2.24, 2.45) is 15.9 Å². The Kier molecular flexibility index (Phi) is 5.47. The summed E-state index contributed by atoms with van der Waals surface area (Å²) >= 11 is 1.27. The average molecular weight is 421 g/mol. The number of anilines is 1. The molecule has 2 aliphatic rings. The van der Waals surface area contributed by atoms with Crippen LogP contribution in [0.1, 0.15) is 31.9 Å². The molecule has 4 rings (SSSR count). The molecule has 2 aromatic carbocycles. The topological polar surface area (TPSA) is 74.1 Å². The molecule has 0 fully saturated rings. The van der Waals surface area contributed by atoms with Gasteiger partial charge in [-0.25, -0.2) is 9.89 Å². The Morgan fingerprint density at radius 2 is 1.90 bits per heavy atom. The van der Waals surface area contributed by atoms with Gasteiger partial charge in [-0.05, 0) is 49.6 Å². The summed E-state index contributed by atoms with van der Waals surface area (Å²) in [5.41, 5.74) is 3.43. The molecule has 0 saturated carbocycles. The van der Waals surface area contributed by atoms with Crippen LogP contribution in [0.3, 0.4) is 0 Å².